The second kappa shape index (κ2) is 5.81. The third kappa shape index (κ3) is 3.96. The molecule has 0 fully saturated rings. The number of hydrogen-bond acceptors (Lipinski definition) is 1. The Labute approximate surface area is 89.3 Å². The number of benzene rings is 1. The van der Waals surface area contributed by atoms with Crippen molar-refractivity contribution in [2.45, 2.75) is 38.6 Å². The van der Waals surface area contributed by atoms with Crippen LogP contribution in [0.5, 0.6) is 0 Å². The van der Waals surface area contributed by atoms with E-state index in [1.54, 1.807) is 6.07 Å². The molecule has 0 aliphatic carbocycles. The molecule has 0 bridgehead atoms. The highest BCUT2D eigenvalue weighted by Gasteiger charge is 2.06. The van der Waals surface area contributed by atoms with Crippen molar-refractivity contribution in [1.29, 1.82) is 0 Å². The van der Waals surface area contributed by atoms with E-state index in [0.717, 1.165) is 30.9 Å². The van der Waals surface area contributed by atoms with E-state index >= 15 is 0 Å². The molecule has 0 spiro atoms. The second-order valence-corrected chi connectivity index (χ2v) is 3.85. The first-order valence-electron chi connectivity index (χ1n) is 5.33. The van der Waals surface area contributed by atoms with Crippen LogP contribution in [0.15, 0.2) is 18.2 Å². The summed E-state index contributed by atoms with van der Waals surface area (Å²) in [5.41, 5.74) is 6.63. The summed E-state index contributed by atoms with van der Waals surface area (Å²) in [6.45, 7) is 2.10. The zero-order valence-corrected chi connectivity index (χ0v) is 8.97. The van der Waals surface area contributed by atoms with E-state index in [0.29, 0.717) is 6.42 Å². The summed E-state index contributed by atoms with van der Waals surface area (Å²) < 4.78 is 25.5. The lowest BCUT2D eigenvalue weighted by Crippen LogP contribution is -2.22. The van der Waals surface area contributed by atoms with Gasteiger partial charge in [-0.15, -0.1) is 0 Å². The largest absolute Gasteiger partial charge is 0.327 e. The molecule has 2 N–H and O–H groups in total. The molecule has 84 valence electrons. The van der Waals surface area contributed by atoms with Gasteiger partial charge in [0.15, 0.2) is 11.6 Å². The summed E-state index contributed by atoms with van der Waals surface area (Å²) >= 11 is 0. The van der Waals surface area contributed by atoms with Gasteiger partial charge in [0.05, 0.1) is 0 Å². The van der Waals surface area contributed by atoms with Crippen LogP contribution in [0.2, 0.25) is 0 Å². The summed E-state index contributed by atoms with van der Waals surface area (Å²) in [6, 6.07) is 4.00. The van der Waals surface area contributed by atoms with Crippen LogP contribution in [0.4, 0.5) is 8.78 Å². The van der Waals surface area contributed by atoms with E-state index in [1.807, 2.05) is 0 Å². The number of unbranched alkanes of at least 4 members (excludes halogenated alkanes) is 1. The molecule has 1 atom stereocenters. The van der Waals surface area contributed by atoms with Crippen molar-refractivity contribution in [3.8, 4) is 0 Å². The van der Waals surface area contributed by atoms with Crippen molar-refractivity contribution >= 4 is 0 Å². The highest BCUT2D eigenvalue weighted by molar-refractivity contribution is 5.18. The predicted molar refractivity (Wildman–Crippen MR) is 57.6 cm³/mol. The van der Waals surface area contributed by atoms with Crippen LogP contribution in [0.3, 0.4) is 0 Å². The summed E-state index contributed by atoms with van der Waals surface area (Å²) in [5, 5.41) is 0. The first-order chi connectivity index (χ1) is 7.13. The normalized spacial score (nSPS) is 12.8. The molecule has 0 aliphatic heterocycles. The molecule has 3 heteroatoms. The van der Waals surface area contributed by atoms with Gasteiger partial charge in [0, 0.05) is 6.04 Å². The molecule has 1 aromatic rings. The van der Waals surface area contributed by atoms with Gasteiger partial charge >= 0.3 is 0 Å². The molecular formula is C12H17F2N. The Hall–Kier alpha value is -0.960. The number of nitrogens with two attached hydrogens (primary N) is 1. The average molecular weight is 213 g/mol. The van der Waals surface area contributed by atoms with E-state index in [2.05, 4.69) is 6.92 Å². The van der Waals surface area contributed by atoms with Gasteiger partial charge in [0.25, 0.3) is 0 Å². The van der Waals surface area contributed by atoms with Gasteiger partial charge < -0.3 is 5.73 Å². The van der Waals surface area contributed by atoms with Crippen molar-refractivity contribution in [3.63, 3.8) is 0 Å². The first-order valence-corrected chi connectivity index (χ1v) is 5.33. The fraction of sp³-hybridized carbons (Fsp3) is 0.500. The Morgan fingerprint density at radius 2 is 2.00 bits per heavy atom. The first kappa shape index (κ1) is 12.1. The van der Waals surface area contributed by atoms with Gasteiger partial charge in [-0.25, -0.2) is 8.78 Å². The van der Waals surface area contributed by atoms with Gasteiger partial charge in [-0.05, 0) is 30.5 Å². The predicted octanol–water partition coefficient (Wildman–Crippen LogP) is 3.02. The monoisotopic (exact) mass is 213 g/mol. The van der Waals surface area contributed by atoms with E-state index in [-0.39, 0.29) is 6.04 Å². The van der Waals surface area contributed by atoms with Crippen molar-refractivity contribution < 1.29 is 8.78 Å². The maximum atomic E-state index is 12.9. The van der Waals surface area contributed by atoms with Crippen LogP contribution in [0.1, 0.15) is 31.7 Å². The minimum absolute atomic E-state index is 0.0369. The Balaban J connectivity index is 2.53. The Morgan fingerprint density at radius 3 is 2.60 bits per heavy atom. The third-order valence-corrected chi connectivity index (χ3v) is 2.41. The lowest BCUT2D eigenvalue weighted by molar-refractivity contribution is 0.504. The van der Waals surface area contributed by atoms with Crippen LogP contribution >= 0.6 is 0 Å². The third-order valence-electron chi connectivity index (χ3n) is 2.41. The standard InChI is InChI=1S/C12H17F2N/c1-2-3-4-10(15)7-9-5-6-11(13)12(14)8-9/h5-6,8,10H,2-4,7,15H2,1H3. The zero-order valence-electron chi connectivity index (χ0n) is 8.97. The zero-order chi connectivity index (χ0) is 11.3. The van der Waals surface area contributed by atoms with E-state index in [1.165, 1.54) is 6.07 Å². The molecule has 0 heterocycles. The van der Waals surface area contributed by atoms with Gasteiger partial charge in [-0.1, -0.05) is 25.8 Å². The molecule has 1 unspecified atom stereocenters. The Morgan fingerprint density at radius 1 is 1.27 bits per heavy atom. The molecule has 0 saturated carbocycles. The summed E-state index contributed by atoms with van der Waals surface area (Å²) in [6.07, 6.45) is 3.71. The molecule has 0 aliphatic rings. The maximum absolute atomic E-state index is 12.9. The van der Waals surface area contributed by atoms with Crippen molar-refractivity contribution in [3.05, 3.63) is 35.4 Å². The molecule has 0 amide bonds. The molecular weight excluding hydrogens is 196 g/mol. The summed E-state index contributed by atoms with van der Waals surface area (Å²) in [4.78, 5) is 0. The molecule has 1 aromatic carbocycles. The van der Waals surface area contributed by atoms with Gasteiger partial charge in [-0.2, -0.15) is 0 Å². The smallest absolute Gasteiger partial charge is 0.159 e. The molecule has 0 saturated heterocycles. The van der Waals surface area contributed by atoms with Crippen molar-refractivity contribution in [2.75, 3.05) is 0 Å². The SMILES string of the molecule is CCCCC(N)Cc1ccc(F)c(F)c1. The molecule has 0 radical (unpaired) electrons. The minimum atomic E-state index is -0.805. The number of hydrogen-bond donors (Lipinski definition) is 1. The lowest BCUT2D eigenvalue weighted by Gasteiger charge is -2.10. The number of halogens is 2. The molecule has 15 heavy (non-hydrogen) atoms. The van der Waals surface area contributed by atoms with Crippen LogP contribution < -0.4 is 5.73 Å². The minimum Gasteiger partial charge on any atom is -0.327 e. The summed E-state index contributed by atoms with van der Waals surface area (Å²) in [7, 11) is 0. The van der Waals surface area contributed by atoms with E-state index in [9.17, 15) is 8.78 Å². The van der Waals surface area contributed by atoms with Crippen molar-refractivity contribution in [1.82, 2.24) is 0 Å². The van der Waals surface area contributed by atoms with Crippen LogP contribution in [-0.2, 0) is 6.42 Å². The van der Waals surface area contributed by atoms with E-state index < -0.39 is 11.6 Å². The fourth-order valence-corrected chi connectivity index (χ4v) is 1.54. The number of rotatable bonds is 5. The molecule has 0 aromatic heterocycles. The maximum Gasteiger partial charge on any atom is 0.159 e. The Bertz CT molecular complexity index is 312. The van der Waals surface area contributed by atoms with Gasteiger partial charge in [-0.3, -0.25) is 0 Å². The lowest BCUT2D eigenvalue weighted by atomic mass is 10.0. The van der Waals surface area contributed by atoms with Crippen LogP contribution in [0.25, 0.3) is 0 Å². The van der Waals surface area contributed by atoms with Gasteiger partial charge in [0.1, 0.15) is 0 Å². The fourth-order valence-electron chi connectivity index (χ4n) is 1.54. The topological polar surface area (TPSA) is 26.0 Å². The summed E-state index contributed by atoms with van der Waals surface area (Å²) in [5.74, 6) is -1.60. The molecule has 1 rings (SSSR count). The van der Waals surface area contributed by atoms with Crippen molar-refractivity contribution in [2.24, 2.45) is 5.73 Å². The van der Waals surface area contributed by atoms with E-state index in [4.69, 9.17) is 5.73 Å². The highest BCUT2D eigenvalue weighted by atomic mass is 19.2. The average Bonchev–Trinajstić information content (AvgIpc) is 2.20. The van der Waals surface area contributed by atoms with Gasteiger partial charge in [0.2, 0.25) is 0 Å². The quantitative estimate of drug-likeness (QED) is 0.799. The Kier molecular flexibility index (Phi) is 4.69. The molecule has 1 nitrogen and oxygen atoms in total. The highest BCUT2D eigenvalue weighted by Crippen LogP contribution is 2.11. The van der Waals surface area contributed by atoms with Crippen LogP contribution in [-0.4, -0.2) is 6.04 Å². The second-order valence-electron chi connectivity index (χ2n) is 3.85. The van der Waals surface area contributed by atoms with Crippen LogP contribution in [0, 0.1) is 11.6 Å².